The SMILES string of the molecule is Cc1ccc(NC(=O)COc2ccc(Br)cc2/C=C2\S/C(=N/N=C\c3ccc(Cl)cc3)N(Cc3ccco3)C2=O)cc1. The number of nitrogens with one attached hydrogen (secondary N) is 1. The number of benzene rings is 3. The Bertz CT molecular complexity index is 1670. The average Bonchev–Trinajstić information content (AvgIpc) is 3.59. The summed E-state index contributed by atoms with van der Waals surface area (Å²) < 4.78 is 12.1. The molecule has 1 aliphatic heterocycles. The number of carbonyl (C=O) groups is 2. The number of furan rings is 1. The second-order valence-electron chi connectivity index (χ2n) is 9.15. The summed E-state index contributed by atoms with van der Waals surface area (Å²) >= 11 is 10.6. The van der Waals surface area contributed by atoms with E-state index in [0.29, 0.717) is 37.9 Å². The standard InChI is InChI=1S/C31H24BrClN4O4S/c1-20-4-11-25(12-5-20)35-29(38)19-41-27-13-8-23(32)15-22(27)16-28-30(39)37(18-26-3-2-14-40-26)31(42-28)36-34-17-21-6-9-24(33)10-7-21/h2-17H,18-19H2,1H3,(H,35,38)/b28-16-,34-17-,36-31+. The highest BCUT2D eigenvalue weighted by molar-refractivity contribution is 9.10. The number of aryl methyl sites for hydroxylation is 1. The molecule has 11 heteroatoms. The first-order valence-corrected chi connectivity index (χ1v) is 14.7. The zero-order valence-electron chi connectivity index (χ0n) is 22.3. The van der Waals surface area contributed by atoms with Gasteiger partial charge in [0.2, 0.25) is 0 Å². The van der Waals surface area contributed by atoms with E-state index in [9.17, 15) is 9.59 Å². The molecule has 2 amide bonds. The van der Waals surface area contributed by atoms with Gasteiger partial charge in [-0.3, -0.25) is 14.5 Å². The van der Waals surface area contributed by atoms with Crippen LogP contribution in [0.4, 0.5) is 5.69 Å². The third-order valence-electron chi connectivity index (χ3n) is 5.95. The Morgan fingerprint density at radius 3 is 2.64 bits per heavy atom. The largest absolute Gasteiger partial charge is 0.483 e. The second kappa shape index (κ2) is 13.7. The normalized spacial score (nSPS) is 15.2. The van der Waals surface area contributed by atoms with Crippen molar-refractivity contribution in [1.82, 2.24) is 4.90 Å². The molecule has 1 fully saturated rings. The quantitative estimate of drug-likeness (QED) is 0.114. The topological polar surface area (TPSA) is 96.5 Å². The lowest BCUT2D eigenvalue weighted by Crippen LogP contribution is -2.28. The van der Waals surface area contributed by atoms with Crippen LogP contribution in [0.1, 0.15) is 22.5 Å². The molecule has 42 heavy (non-hydrogen) atoms. The van der Waals surface area contributed by atoms with Crippen molar-refractivity contribution >= 4 is 74.3 Å². The van der Waals surface area contributed by atoms with E-state index in [2.05, 4.69) is 31.4 Å². The molecule has 1 aromatic heterocycles. The van der Waals surface area contributed by atoms with Gasteiger partial charge in [0.05, 0.1) is 23.9 Å². The van der Waals surface area contributed by atoms with E-state index in [1.54, 1.807) is 55.0 Å². The number of halogens is 2. The van der Waals surface area contributed by atoms with Gasteiger partial charge in [0.25, 0.3) is 11.8 Å². The third-order valence-corrected chi connectivity index (χ3v) is 7.70. The molecule has 0 radical (unpaired) electrons. The first-order chi connectivity index (χ1) is 20.3. The van der Waals surface area contributed by atoms with Gasteiger partial charge in [-0.1, -0.05) is 57.4 Å². The summed E-state index contributed by atoms with van der Waals surface area (Å²) in [4.78, 5) is 28.0. The van der Waals surface area contributed by atoms with Crippen LogP contribution in [-0.4, -0.2) is 34.7 Å². The molecule has 1 saturated heterocycles. The first-order valence-electron chi connectivity index (χ1n) is 12.7. The number of nitrogens with zero attached hydrogens (tertiary/aromatic N) is 3. The van der Waals surface area contributed by atoms with Gasteiger partial charge in [-0.2, -0.15) is 5.10 Å². The minimum absolute atomic E-state index is 0.187. The fourth-order valence-electron chi connectivity index (χ4n) is 3.86. The van der Waals surface area contributed by atoms with Crippen LogP contribution in [0.3, 0.4) is 0 Å². The Morgan fingerprint density at radius 2 is 1.90 bits per heavy atom. The number of amidine groups is 1. The molecule has 3 aromatic carbocycles. The van der Waals surface area contributed by atoms with Gasteiger partial charge in [0.15, 0.2) is 11.8 Å². The number of ether oxygens (including phenoxy) is 1. The molecular formula is C31H24BrClN4O4S. The molecule has 0 aliphatic carbocycles. The van der Waals surface area contributed by atoms with Crippen LogP contribution in [0.15, 0.2) is 109 Å². The molecule has 0 atom stereocenters. The molecule has 212 valence electrons. The lowest BCUT2D eigenvalue weighted by atomic mass is 10.2. The fourth-order valence-corrected chi connectivity index (χ4v) is 5.29. The number of amides is 2. The van der Waals surface area contributed by atoms with Crippen molar-refractivity contribution in [1.29, 1.82) is 0 Å². The Hall–Kier alpha value is -4.12. The first kappa shape index (κ1) is 29.4. The minimum atomic E-state index is -0.302. The van der Waals surface area contributed by atoms with Crippen molar-refractivity contribution in [3.05, 3.63) is 122 Å². The van der Waals surface area contributed by atoms with E-state index in [-0.39, 0.29) is 25.0 Å². The number of hydrogen-bond acceptors (Lipinski definition) is 7. The van der Waals surface area contributed by atoms with Gasteiger partial charge in [-0.25, -0.2) is 0 Å². The second-order valence-corrected chi connectivity index (χ2v) is 11.5. The maximum absolute atomic E-state index is 13.5. The van der Waals surface area contributed by atoms with Crippen molar-refractivity contribution in [2.45, 2.75) is 13.5 Å². The number of anilines is 1. The van der Waals surface area contributed by atoms with E-state index in [0.717, 1.165) is 15.6 Å². The monoisotopic (exact) mass is 662 g/mol. The summed E-state index contributed by atoms with van der Waals surface area (Å²) in [5, 5.41) is 12.4. The van der Waals surface area contributed by atoms with Crippen LogP contribution < -0.4 is 10.1 Å². The predicted molar refractivity (Wildman–Crippen MR) is 171 cm³/mol. The van der Waals surface area contributed by atoms with Crippen LogP contribution >= 0.6 is 39.3 Å². The third kappa shape index (κ3) is 7.79. The summed E-state index contributed by atoms with van der Waals surface area (Å²) in [7, 11) is 0. The molecule has 1 aliphatic rings. The van der Waals surface area contributed by atoms with Crippen molar-refractivity contribution < 1.29 is 18.7 Å². The van der Waals surface area contributed by atoms with Gasteiger partial charge in [-0.15, -0.1) is 5.10 Å². The van der Waals surface area contributed by atoms with E-state index in [4.69, 9.17) is 20.8 Å². The zero-order valence-corrected chi connectivity index (χ0v) is 25.4. The average molecular weight is 664 g/mol. The van der Waals surface area contributed by atoms with Crippen molar-refractivity contribution in [3.8, 4) is 5.75 Å². The number of thioether (sulfide) groups is 1. The van der Waals surface area contributed by atoms with E-state index < -0.39 is 0 Å². The Balaban J connectivity index is 1.36. The van der Waals surface area contributed by atoms with Gasteiger partial charge < -0.3 is 14.5 Å². The highest BCUT2D eigenvalue weighted by atomic mass is 79.9. The van der Waals surface area contributed by atoms with Crippen LogP contribution in [0.25, 0.3) is 6.08 Å². The summed E-state index contributed by atoms with van der Waals surface area (Å²) in [6, 6.07) is 23.6. The lowest BCUT2D eigenvalue weighted by Gasteiger charge is -2.13. The van der Waals surface area contributed by atoms with E-state index in [1.165, 1.54) is 16.7 Å². The highest BCUT2D eigenvalue weighted by Crippen LogP contribution is 2.36. The maximum atomic E-state index is 13.5. The molecule has 8 nitrogen and oxygen atoms in total. The summed E-state index contributed by atoms with van der Waals surface area (Å²) in [6.07, 6.45) is 4.85. The number of hydrogen-bond donors (Lipinski definition) is 1. The van der Waals surface area contributed by atoms with Crippen LogP contribution in [0.2, 0.25) is 5.02 Å². The van der Waals surface area contributed by atoms with Gasteiger partial charge in [0, 0.05) is 20.7 Å². The fraction of sp³-hybridized carbons (Fsp3) is 0.0968. The summed E-state index contributed by atoms with van der Waals surface area (Å²) in [5.74, 6) is 0.483. The lowest BCUT2D eigenvalue weighted by molar-refractivity contribution is -0.122. The minimum Gasteiger partial charge on any atom is -0.483 e. The van der Waals surface area contributed by atoms with Gasteiger partial charge in [-0.05, 0) is 84.9 Å². The molecule has 2 heterocycles. The Morgan fingerprint density at radius 1 is 1.12 bits per heavy atom. The number of rotatable bonds is 9. The van der Waals surface area contributed by atoms with Crippen LogP contribution in [-0.2, 0) is 16.1 Å². The molecule has 1 N–H and O–H groups in total. The maximum Gasteiger partial charge on any atom is 0.267 e. The van der Waals surface area contributed by atoms with Gasteiger partial charge in [0.1, 0.15) is 11.5 Å². The zero-order chi connectivity index (χ0) is 29.5. The van der Waals surface area contributed by atoms with E-state index >= 15 is 0 Å². The van der Waals surface area contributed by atoms with Crippen molar-refractivity contribution in [2.75, 3.05) is 11.9 Å². The smallest absolute Gasteiger partial charge is 0.267 e. The predicted octanol–water partition coefficient (Wildman–Crippen LogP) is 7.53. The van der Waals surface area contributed by atoms with Crippen molar-refractivity contribution in [3.63, 3.8) is 0 Å². The van der Waals surface area contributed by atoms with Crippen LogP contribution in [0, 0.1) is 6.92 Å². The number of carbonyl (C=O) groups excluding carboxylic acids is 2. The van der Waals surface area contributed by atoms with Crippen molar-refractivity contribution in [2.24, 2.45) is 10.2 Å². The van der Waals surface area contributed by atoms with Crippen LogP contribution in [0.5, 0.6) is 5.75 Å². The van der Waals surface area contributed by atoms with E-state index in [1.807, 2.05) is 49.4 Å². The molecule has 0 unspecified atom stereocenters. The molecule has 4 aromatic rings. The molecule has 5 rings (SSSR count). The molecule has 0 spiro atoms. The Kier molecular flexibility index (Phi) is 9.58. The summed E-state index contributed by atoms with van der Waals surface area (Å²) in [6.45, 7) is 1.96. The van der Waals surface area contributed by atoms with Gasteiger partial charge >= 0.3 is 0 Å². The molecule has 0 bridgehead atoms. The summed E-state index contributed by atoms with van der Waals surface area (Å²) in [5.41, 5.74) is 3.21. The Labute approximate surface area is 260 Å². The molecule has 0 saturated carbocycles. The highest BCUT2D eigenvalue weighted by Gasteiger charge is 2.34. The molecular weight excluding hydrogens is 640 g/mol.